The number of fused-ring (bicyclic) bond motifs is 1. The minimum absolute atomic E-state index is 0.458. The molecule has 0 unspecified atom stereocenters. The fraction of sp³-hybridized carbons (Fsp3) is 0.556. The minimum Gasteiger partial charge on any atom is -0.459 e. The van der Waals surface area contributed by atoms with Crippen LogP contribution in [0.3, 0.4) is 0 Å². The second-order valence-corrected chi connectivity index (χ2v) is 6.63. The van der Waals surface area contributed by atoms with Gasteiger partial charge in [-0.15, -0.1) is 0 Å². The summed E-state index contributed by atoms with van der Waals surface area (Å²) in [4.78, 5) is 2.38. The summed E-state index contributed by atoms with van der Waals surface area (Å²) < 4.78 is 6.07. The van der Waals surface area contributed by atoms with Crippen LogP contribution < -0.4 is 5.32 Å². The molecule has 0 bridgehead atoms. The Morgan fingerprint density at radius 3 is 2.52 bits per heavy atom. The normalized spacial score (nSPS) is 12.2. The zero-order chi connectivity index (χ0) is 15.4. The van der Waals surface area contributed by atoms with Gasteiger partial charge in [-0.2, -0.15) is 0 Å². The van der Waals surface area contributed by atoms with Crippen molar-refractivity contribution in [2.75, 3.05) is 13.6 Å². The lowest BCUT2D eigenvalue weighted by Gasteiger charge is -2.19. The molecule has 0 spiro atoms. The Morgan fingerprint density at radius 1 is 1.14 bits per heavy atom. The van der Waals surface area contributed by atoms with E-state index in [1.165, 1.54) is 10.9 Å². The molecule has 0 aliphatic heterocycles. The predicted octanol–water partition coefficient (Wildman–Crippen LogP) is 4.02. The minimum atomic E-state index is 0.458. The van der Waals surface area contributed by atoms with Crippen molar-refractivity contribution in [1.29, 1.82) is 0 Å². The summed E-state index contributed by atoms with van der Waals surface area (Å²) >= 11 is 0. The molecule has 21 heavy (non-hydrogen) atoms. The number of nitrogens with zero attached hydrogens (tertiary/aromatic N) is 1. The molecule has 0 saturated carbocycles. The molecule has 0 aliphatic carbocycles. The summed E-state index contributed by atoms with van der Waals surface area (Å²) in [5.74, 6) is 1.74. The lowest BCUT2D eigenvalue weighted by atomic mass is 10.1. The summed E-state index contributed by atoms with van der Waals surface area (Å²) in [6.07, 6.45) is 0. The Bertz CT molecular complexity index is 572. The topological polar surface area (TPSA) is 28.4 Å². The van der Waals surface area contributed by atoms with Crippen molar-refractivity contribution in [3.63, 3.8) is 0 Å². The van der Waals surface area contributed by atoms with E-state index in [1.807, 2.05) is 6.07 Å². The van der Waals surface area contributed by atoms with Crippen LogP contribution in [0.25, 0.3) is 11.0 Å². The molecule has 0 aliphatic rings. The monoisotopic (exact) mass is 288 g/mol. The van der Waals surface area contributed by atoms with Crippen LogP contribution in [0.5, 0.6) is 0 Å². The Morgan fingerprint density at radius 2 is 1.86 bits per heavy atom. The molecule has 1 aromatic carbocycles. The van der Waals surface area contributed by atoms with Crippen molar-refractivity contribution >= 4 is 11.0 Å². The Kier molecular flexibility index (Phi) is 5.43. The first-order valence-electron chi connectivity index (χ1n) is 7.88. The van der Waals surface area contributed by atoms with Gasteiger partial charge in [0.25, 0.3) is 0 Å². The Labute approximate surface area is 128 Å². The maximum atomic E-state index is 6.07. The second kappa shape index (κ2) is 7.10. The number of nitrogens with one attached hydrogen (secondary N) is 1. The van der Waals surface area contributed by atoms with Gasteiger partial charge in [-0.1, -0.05) is 45.9 Å². The molecule has 1 heterocycles. The number of furan rings is 1. The van der Waals surface area contributed by atoms with Gasteiger partial charge < -0.3 is 14.6 Å². The number of para-hydroxylation sites is 1. The van der Waals surface area contributed by atoms with E-state index < -0.39 is 0 Å². The maximum absolute atomic E-state index is 6.07. The molecule has 116 valence electrons. The highest BCUT2D eigenvalue weighted by Crippen LogP contribution is 2.27. The van der Waals surface area contributed by atoms with E-state index in [4.69, 9.17) is 4.42 Å². The first kappa shape index (κ1) is 16.1. The van der Waals surface area contributed by atoms with Crippen LogP contribution >= 0.6 is 0 Å². The van der Waals surface area contributed by atoms with Crippen LogP contribution in [0.4, 0.5) is 0 Å². The molecule has 1 aromatic heterocycles. The van der Waals surface area contributed by atoms with Crippen molar-refractivity contribution in [2.45, 2.75) is 46.8 Å². The zero-order valence-corrected chi connectivity index (χ0v) is 13.9. The van der Waals surface area contributed by atoms with Crippen molar-refractivity contribution in [3.05, 3.63) is 35.6 Å². The Hall–Kier alpha value is -1.32. The van der Waals surface area contributed by atoms with E-state index in [1.54, 1.807) is 0 Å². The molecular formula is C18H28N2O. The average molecular weight is 288 g/mol. The molecule has 0 radical (unpaired) electrons. The van der Waals surface area contributed by atoms with Gasteiger partial charge in [0, 0.05) is 30.1 Å². The molecule has 0 atom stereocenters. The van der Waals surface area contributed by atoms with Crippen LogP contribution in [0.2, 0.25) is 0 Å². The maximum Gasteiger partial charge on any atom is 0.134 e. The number of hydrogen-bond donors (Lipinski definition) is 1. The van der Waals surface area contributed by atoms with E-state index in [0.29, 0.717) is 12.0 Å². The second-order valence-electron chi connectivity index (χ2n) is 6.63. The number of hydrogen-bond acceptors (Lipinski definition) is 3. The highest BCUT2D eigenvalue weighted by molar-refractivity contribution is 5.82. The van der Waals surface area contributed by atoms with E-state index in [9.17, 15) is 0 Å². The quantitative estimate of drug-likeness (QED) is 0.834. The van der Waals surface area contributed by atoms with Gasteiger partial charge in [0.2, 0.25) is 0 Å². The van der Waals surface area contributed by atoms with Crippen molar-refractivity contribution in [2.24, 2.45) is 5.92 Å². The van der Waals surface area contributed by atoms with Gasteiger partial charge in [0.1, 0.15) is 11.3 Å². The molecule has 3 nitrogen and oxygen atoms in total. The number of rotatable bonds is 7. The van der Waals surface area contributed by atoms with Crippen LogP contribution in [0.15, 0.2) is 28.7 Å². The van der Waals surface area contributed by atoms with E-state index >= 15 is 0 Å². The fourth-order valence-electron chi connectivity index (χ4n) is 2.72. The van der Waals surface area contributed by atoms with Gasteiger partial charge in [-0.05, 0) is 19.0 Å². The van der Waals surface area contributed by atoms with E-state index in [2.05, 4.69) is 63.2 Å². The van der Waals surface area contributed by atoms with Crippen LogP contribution in [0.1, 0.15) is 39.0 Å². The van der Waals surface area contributed by atoms with Gasteiger partial charge in [-0.25, -0.2) is 0 Å². The SMILES string of the molecule is CC(C)CN(C)Cc1c(CNC(C)C)oc2ccccc12. The molecule has 3 heteroatoms. The average Bonchev–Trinajstić information content (AvgIpc) is 2.74. The lowest BCUT2D eigenvalue weighted by Crippen LogP contribution is -2.25. The van der Waals surface area contributed by atoms with E-state index in [0.717, 1.165) is 31.0 Å². The first-order valence-corrected chi connectivity index (χ1v) is 7.88. The third kappa shape index (κ3) is 4.32. The molecule has 0 fully saturated rings. The molecule has 1 N–H and O–H groups in total. The molecule has 2 rings (SSSR count). The van der Waals surface area contributed by atoms with Gasteiger partial charge in [0.05, 0.1) is 6.54 Å². The van der Waals surface area contributed by atoms with Crippen LogP contribution in [-0.2, 0) is 13.1 Å². The fourth-order valence-corrected chi connectivity index (χ4v) is 2.72. The van der Waals surface area contributed by atoms with Crippen molar-refractivity contribution in [1.82, 2.24) is 10.2 Å². The molecular weight excluding hydrogens is 260 g/mol. The Balaban J connectivity index is 2.26. The standard InChI is InChI=1S/C18H28N2O/c1-13(2)11-20(5)12-16-15-8-6-7-9-17(15)21-18(16)10-19-14(3)4/h6-9,13-14,19H,10-12H2,1-5H3. The van der Waals surface area contributed by atoms with Crippen LogP contribution in [-0.4, -0.2) is 24.5 Å². The highest BCUT2D eigenvalue weighted by Gasteiger charge is 2.16. The predicted molar refractivity (Wildman–Crippen MR) is 89.4 cm³/mol. The van der Waals surface area contributed by atoms with Crippen LogP contribution in [0, 0.1) is 5.92 Å². The first-order chi connectivity index (χ1) is 9.97. The molecule has 2 aromatic rings. The third-order valence-electron chi connectivity index (χ3n) is 3.56. The summed E-state index contributed by atoms with van der Waals surface area (Å²) in [6, 6.07) is 8.80. The summed E-state index contributed by atoms with van der Waals surface area (Å²) in [6.45, 7) is 11.6. The largest absolute Gasteiger partial charge is 0.459 e. The molecule has 0 saturated heterocycles. The van der Waals surface area contributed by atoms with Gasteiger partial charge in [0.15, 0.2) is 0 Å². The smallest absolute Gasteiger partial charge is 0.134 e. The van der Waals surface area contributed by atoms with Gasteiger partial charge in [-0.3, -0.25) is 0 Å². The van der Waals surface area contributed by atoms with Crippen molar-refractivity contribution < 1.29 is 4.42 Å². The summed E-state index contributed by atoms with van der Waals surface area (Å²) in [7, 11) is 2.18. The summed E-state index contributed by atoms with van der Waals surface area (Å²) in [5, 5.41) is 4.71. The molecule has 0 amide bonds. The highest BCUT2D eigenvalue weighted by atomic mass is 16.3. The third-order valence-corrected chi connectivity index (χ3v) is 3.56. The zero-order valence-electron chi connectivity index (χ0n) is 13.9. The summed E-state index contributed by atoms with van der Waals surface area (Å²) in [5.41, 5.74) is 2.31. The number of benzene rings is 1. The van der Waals surface area contributed by atoms with E-state index in [-0.39, 0.29) is 0 Å². The van der Waals surface area contributed by atoms with Gasteiger partial charge >= 0.3 is 0 Å². The van der Waals surface area contributed by atoms with Crippen molar-refractivity contribution in [3.8, 4) is 0 Å². The lowest BCUT2D eigenvalue weighted by molar-refractivity contribution is 0.286.